The molecule has 2 N–H and O–H groups in total. The highest BCUT2D eigenvalue weighted by atomic mass is 16.3. The number of hydrogen-bond acceptors (Lipinski definition) is 2. The first kappa shape index (κ1) is 15.5. The van der Waals surface area contributed by atoms with Gasteiger partial charge in [0, 0.05) is 18.3 Å². The molecule has 0 aliphatic rings. The third kappa shape index (κ3) is 3.96. The molecule has 0 fully saturated rings. The zero-order chi connectivity index (χ0) is 14.6. The van der Waals surface area contributed by atoms with E-state index in [1.54, 1.807) is 31.0 Å². The summed E-state index contributed by atoms with van der Waals surface area (Å²) >= 11 is 0. The minimum Gasteiger partial charge on any atom is -0.389 e. The van der Waals surface area contributed by atoms with Gasteiger partial charge in [-0.05, 0) is 44.9 Å². The van der Waals surface area contributed by atoms with Gasteiger partial charge in [-0.1, -0.05) is 19.1 Å². The molecule has 0 bridgehead atoms. The van der Waals surface area contributed by atoms with Gasteiger partial charge in [0.15, 0.2) is 0 Å². The fourth-order valence-electron chi connectivity index (χ4n) is 1.56. The molecule has 0 aliphatic carbocycles. The van der Waals surface area contributed by atoms with Crippen molar-refractivity contribution < 1.29 is 9.90 Å². The van der Waals surface area contributed by atoms with E-state index in [9.17, 15) is 9.90 Å². The maximum atomic E-state index is 12.1. The number of rotatable bonds is 4. The van der Waals surface area contributed by atoms with Crippen molar-refractivity contribution in [3.8, 4) is 0 Å². The summed E-state index contributed by atoms with van der Waals surface area (Å²) < 4.78 is 0. The number of amides is 2. The highest BCUT2D eigenvalue weighted by molar-refractivity contribution is 5.89. The third-order valence-corrected chi connectivity index (χ3v) is 3.72. The van der Waals surface area contributed by atoms with Crippen LogP contribution >= 0.6 is 0 Å². The molecule has 1 atom stereocenters. The zero-order valence-corrected chi connectivity index (χ0v) is 12.4. The number of carbonyl (C=O) groups excluding carboxylic acids is 1. The average molecular weight is 264 g/mol. The van der Waals surface area contributed by atoms with Crippen LogP contribution in [0, 0.1) is 0 Å². The van der Waals surface area contributed by atoms with Gasteiger partial charge in [0.2, 0.25) is 0 Å². The molecule has 2 amide bonds. The summed E-state index contributed by atoms with van der Waals surface area (Å²) in [7, 11) is 1.79. The topological polar surface area (TPSA) is 52.6 Å². The summed E-state index contributed by atoms with van der Waals surface area (Å²) in [5.74, 6) is 0. The van der Waals surface area contributed by atoms with Crippen LogP contribution in [0.5, 0.6) is 0 Å². The normalized spacial score (nSPS) is 12.9. The fourth-order valence-corrected chi connectivity index (χ4v) is 1.56. The monoisotopic (exact) mass is 264 g/mol. The van der Waals surface area contributed by atoms with Crippen LogP contribution in [0.2, 0.25) is 0 Å². The molecule has 0 aromatic heterocycles. The van der Waals surface area contributed by atoms with Crippen molar-refractivity contribution in [2.24, 2.45) is 0 Å². The van der Waals surface area contributed by atoms with Crippen LogP contribution < -0.4 is 5.32 Å². The van der Waals surface area contributed by atoms with Gasteiger partial charge in [-0.25, -0.2) is 4.79 Å². The van der Waals surface area contributed by atoms with Gasteiger partial charge in [-0.2, -0.15) is 0 Å². The molecule has 1 unspecified atom stereocenters. The predicted molar refractivity (Wildman–Crippen MR) is 78.2 cm³/mol. The highest BCUT2D eigenvalue weighted by Crippen LogP contribution is 2.19. The van der Waals surface area contributed by atoms with Crippen molar-refractivity contribution in [3.05, 3.63) is 29.8 Å². The van der Waals surface area contributed by atoms with Crippen molar-refractivity contribution in [3.63, 3.8) is 0 Å². The Balaban J connectivity index is 2.72. The van der Waals surface area contributed by atoms with Gasteiger partial charge in [-0.3, -0.25) is 0 Å². The van der Waals surface area contributed by atoms with Crippen LogP contribution in [-0.4, -0.2) is 28.6 Å². The van der Waals surface area contributed by atoms with E-state index in [0.717, 1.165) is 17.7 Å². The summed E-state index contributed by atoms with van der Waals surface area (Å²) in [4.78, 5) is 13.8. The Bertz CT molecular complexity index is 424. The lowest BCUT2D eigenvalue weighted by Crippen LogP contribution is -2.46. The first-order valence-corrected chi connectivity index (χ1v) is 6.60. The average Bonchev–Trinajstić information content (AvgIpc) is 2.38. The number of nitrogens with zero attached hydrogens (tertiary/aromatic N) is 1. The molecule has 0 spiro atoms. The van der Waals surface area contributed by atoms with E-state index in [-0.39, 0.29) is 11.6 Å². The highest BCUT2D eigenvalue weighted by Gasteiger charge is 2.25. The fraction of sp³-hybridized carbons (Fsp3) is 0.533. The largest absolute Gasteiger partial charge is 0.389 e. The van der Waals surface area contributed by atoms with E-state index in [2.05, 4.69) is 12.2 Å². The first-order chi connectivity index (χ1) is 8.77. The van der Waals surface area contributed by atoms with Crippen LogP contribution in [0.3, 0.4) is 0 Å². The zero-order valence-electron chi connectivity index (χ0n) is 12.4. The van der Waals surface area contributed by atoms with E-state index >= 15 is 0 Å². The van der Waals surface area contributed by atoms with Crippen molar-refractivity contribution in [2.45, 2.75) is 45.8 Å². The molecular formula is C15H24N2O2. The Labute approximate surface area is 115 Å². The van der Waals surface area contributed by atoms with Crippen LogP contribution in [-0.2, 0) is 0 Å². The smallest absolute Gasteiger partial charge is 0.322 e. The second-order valence-electron chi connectivity index (χ2n) is 5.45. The van der Waals surface area contributed by atoms with E-state index in [4.69, 9.17) is 0 Å². The molecule has 19 heavy (non-hydrogen) atoms. The van der Waals surface area contributed by atoms with Gasteiger partial charge in [-0.15, -0.1) is 0 Å². The number of hydrogen-bond donors (Lipinski definition) is 2. The van der Waals surface area contributed by atoms with Crippen molar-refractivity contribution >= 4 is 11.7 Å². The van der Waals surface area contributed by atoms with Crippen molar-refractivity contribution in [2.75, 3.05) is 12.4 Å². The Morgan fingerprint density at radius 2 is 1.89 bits per heavy atom. The molecule has 0 aliphatic heterocycles. The van der Waals surface area contributed by atoms with E-state index < -0.39 is 6.10 Å². The van der Waals surface area contributed by atoms with Crippen molar-refractivity contribution in [1.82, 2.24) is 4.90 Å². The molecule has 106 valence electrons. The molecule has 1 aromatic carbocycles. The maximum absolute atomic E-state index is 12.1. The number of anilines is 1. The Morgan fingerprint density at radius 1 is 1.37 bits per heavy atom. The SMILES string of the molecule is CCC(C)(C)N(C)C(=O)Nc1ccc(C(C)O)cc1. The minimum atomic E-state index is -0.494. The summed E-state index contributed by atoms with van der Waals surface area (Å²) in [5.41, 5.74) is 1.39. The lowest BCUT2D eigenvalue weighted by atomic mass is 10.0. The van der Waals surface area contributed by atoms with Crippen molar-refractivity contribution in [1.29, 1.82) is 0 Å². The quantitative estimate of drug-likeness (QED) is 0.875. The van der Waals surface area contributed by atoms with Gasteiger partial charge < -0.3 is 15.3 Å². The van der Waals surface area contributed by atoms with Gasteiger partial charge >= 0.3 is 6.03 Å². The summed E-state index contributed by atoms with van der Waals surface area (Å²) in [5, 5.41) is 12.3. The molecular weight excluding hydrogens is 240 g/mol. The lowest BCUT2D eigenvalue weighted by molar-refractivity contribution is 0.165. The Morgan fingerprint density at radius 3 is 2.32 bits per heavy atom. The van der Waals surface area contributed by atoms with Gasteiger partial charge in [0.25, 0.3) is 0 Å². The van der Waals surface area contributed by atoms with E-state index in [1.807, 2.05) is 26.0 Å². The second kappa shape index (κ2) is 6.06. The second-order valence-corrected chi connectivity index (χ2v) is 5.45. The number of nitrogens with one attached hydrogen (secondary N) is 1. The van der Waals surface area contributed by atoms with Crippen LogP contribution in [0.25, 0.3) is 0 Å². The molecule has 1 aromatic rings. The molecule has 0 heterocycles. The van der Waals surface area contributed by atoms with E-state index in [1.165, 1.54) is 0 Å². The van der Waals surface area contributed by atoms with E-state index in [0.29, 0.717) is 0 Å². The number of benzene rings is 1. The Hall–Kier alpha value is -1.55. The molecule has 4 nitrogen and oxygen atoms in total. The number of aliphatic hydroxyl groups is 1. The van der Waals surface area contributed by atoms with Gasteiger partial charge in [0.05, 0.1) is 6.10 Å². The number of carbonyl (C=O) groups is 1. The maximum Gasteiger partial charge on any atom is 0.322 e. The third-order valence-electron chi connectivity index (χ3n) is 3.72. The lowest BCUT2D eigenvalue weighted by Gasteiger charge is -2.34. The van der Waals surface area contributed by atoms with Gasteiger partial charge in [0.1, 0.15) is 0 Å². The summed E-state index contributed by atoms with van der Waals surface area (Å²) in [6, 6.07) is 7.09. The molecule has 0 saturated heterocycles. The molecule has 0 radical (unpaired) electrons. The van der Waals surface area contributed by atoms with Crippen LogP contribution in [0.4, 0.5) is 10.5 Å². The Kier molecular flexibility index (Phi) is 4.95. The number of aliphatic hydroxyl groups excluding tert-OH is 1. The summed E-state index contributed by atoms with van der Waals surface area (Å²) in [6.07, 6.45) is 0.393. The molecule has 0 saturated carbocycles. The molecule has 4 heteroatoms. The van der Waals surface area contributed by atoms with Crippen LogP contribution in [0.1, 0.15) is 45.8 Å². The summed E-state index contributed by atoms with van der Waals surface area (Å²) in [6.45, 7) is 7.83. The predicted octanol–water partition coefficient (Wildman–Crippen LogP) is 3.39. The van der Waals surface area contributed by atoms with Crippen LogP contribution in [0.15, 0.2) is 24.3 Å². The number of urea groups is 1. The standard InChI is InChI=1S/C15H24N2O2/c1-6-15(3,4)17(5)14(19)16-13-9-7-12(8-10-13)11(2)18/h7-11,18H,6H2,1-5H3,(H,16,19). The first-order valence-electron chi connectivity index (χ1n) is 6.60. The molecule has 1 rings (SSSR count). The minimum absolute atomic E-state index is 0.128.